The van der Waals surface area contributed by atoms with Crippen molar-refractivity contribution in [3.63, 3.8) is 0 Å². The molecule has 3 aromatic carbocycles. The van der Waals surface area contributed by atoms with E-state index in [4.69, 9.17) is 9.94 Å². The van der Waals surface area contributed by atoms with E-state index < -0.39 is 10.5 Å². The maximum absolute atomic E-state index is 13.6. The highest BCUT2D eigenvalue weighted by molar-refractivity contribution is 9.10. The van der Waals surface area contributed by atoms with Gasteiger partial charge in [0.05, 0.1) is 35.4 Å². The molecule has 0 spiro atoms. The lowest BCUT2D eigenvalue weighted by Gasteiger charge is -2.29. The minimum Gasteiger partial charge on any atom is -0.411 e. The number of aromatic nitrogens is 2. The van der Waals surface area contributed by atoms with E-state index >= 15 is 0 Å². The molecule has 10 nitrogen and oxygen atoms in total. The molecule has 0 unspecified atom stereocenters. The quantitative estimate of drug-likeness (QED) is 0.170. The smallest absolute Gasteiger partial charge is 0.295 e. The molecule has 11 heteroatoms. The predicted octanol–water partition coefficient (Wildman–Crippen LogP) is 4.37. The van der Waals surface area contributed by atoms with Crippen molar-refractivity contribution in [3.05, 3.63) is 91.2 Å². The average Bonchev–Trinajstić information content (AvgIpc) is 2.89. The number of benzene rings is 3. The van der Waals surface area contributed by atoms with Crippen LogP contribution in [0.15, 0.2) is 75.1 Å². The molecule has 0 atom stereocenters. The van der Waals surface area contributed by atoms with E-state index in [9.17, 15) is 14.9 Å². The molecule has 36 heavy (non-hydrogen) atoms. The van der Waals surface area contributed by atoms with Gasteiger partial charge in [0.15, 0.2) is 0 Å². The molecular weight excluding hydrogens is 530 g/mol. The van der Waals surface area contributed by atoms with Gasteiger partial charge < -0.3 is 14.8 Å². The van der Waals surface area contributed by atoms with Gasteiger partial charge in [0.1, 0.15) is 5.69 Å². The molecule has 1 saturated heterocycles. The Labute approximate surface area is 213 Å². The molecule has 4 aromatic rings. The van der Waals surface area contributed by atoms with Crippen LogP contribution in [0.2, 0.25) is 0 Å². The molecule has 2 heterocycles. The lowest BCUT2D eigenvalue weighted by Crippen LogP contribution is -2.36. The molecule has 0 bridgehead atoms. The van der Waals surface area contributed by atoms with Crippen LogP contribution in [0.3, 0.4) is 0 Å². The maximum atomic E-state index is 13.6. The molecule has 1 aliphatic heterocycles. The predicted molar refractivity (Wildman–Crippen MR) is 140 cm³/mol. The van der Waals surface area contributed by atoms with Crippen molar-refractivity contribution in [2.45, 2.75) is 0 Å². The summed E-state index contributed by atoms with van der Waals surface area (Å²) in [6.07, 6.45) is 1.28. The first kappa shape index (κ1) is 23.6. The fourth-order valence-corrected chi connectivity index (χ4v) is 4.82. The normalized spacial score (nSPS) is 14.0. The molecule has 0 saturated carbocycles. The molecule has 1 aromatic heterocycles. The lowest BCUT2D eigenvalue weighted by atomic mass is 10.0. The zero-order chi connectivity index (χ0) is 25.2. The zero-order valence-corrected chi connectivity index (χ0v) is 20.5. The van der Waals surface area contributed by atoms with Gasteiger partial charge in [-0.05, 0) is 42.0 Å². The number of fused-ring (bicyclic) bond motifs is 1. The van der Waals surface area contributed by atoms with Crippen molar-refractivity contribution in [2.75, 3.05) is 31.2 Å². The third-order valence-electron chi connectivity index (χ3n) is 5.97. The van der Waals surface area contributed by atoms with Gasteiger partial charge in [0.2, 0.25) is 0 Å². The molecule has 0 aliphatic carbocycles. The van der Waals surface area contributed by atoms with Crippen molar-refractivity contribution >= 4 is 44.3 Å². The molecular formula is C25H20BrN5O5. The SMILES string of the molecule is O=c1c2ccccc2c(-c2cc(Br)cc(C=NO)c2)nn1-c1cc(N2CCOCC2)ccc1[N+](=O)[O-]. The van der Waals surface area contributed by atoms with E-state index in [0.29, 0.717) is 58.4 Å². The number of anilines is 1. The number of hydrogen-bond donors (Lipinski definition) is 1. The molecule has 1 fully saturated rings. The first-order valence-corrected chi connectivity index (χ1v) is 11.9. The number of morpholine rings is 1. The second-order valence-electron chi connectivity index (χ2n) is 8.16. The summed E-state index contributed by atoms with van der Waals surface area (Å²) >= 11 is 3.46. The monoisotopic (exact) mass is 549 g/mol. The summed E-state index contributed by atoms with van der Waals surface area (Å²) in [5.41, 5.74) is 1.81. The molecule has 1 aliphatic rings. The molecule has 0 amide bonds. The van der Waals surface area contributed by atoms with Gasteiger partial charge >= 0.3 is 0 Å². The first-order chi connectivity index (χ1) is 17.5. The Hall–Kier alpha value is -4.09. The molecule has 0 radical (unpaired) electrons. The fraction of sp³-hybridized carbons (Fsp3) is 0.160. The average molecular weight is 550 g/mol. The number of rotatable bonds is 5. The van der Waals surface area contributed by atoms with Gasteiger partial charge in [-0.25, -0.2) is 0 Å². The van der Waals surface area contributed by atoms with E-state index in [2.05, 4.69) is 31.1 Å². The highest BCUT2D eigenvalue weighted by Gasteiger charge is 2.23. The fourth-order valence-electron chi connectivity index (χ4n) is 4.31. The third-order valence-corrected chi connectivity index (χ3v) is 6.42. The first-order valence-electron chi connectivity index (χ1n) is 11.1. The van der Waals surface area contributed by atoms with Gasteiger partial charge in [-0.3, -0.25) is 14.9 Å². The highest BCUT2D eigenvalue weighted by Crippen LogP contribution is 2.32. The van der Waals surface area contributed by atoms with Crippen LogP contribution >= 0.6 is 15.9 Å². The van der Waals surface area contributed by atoms with Gasteiger partial charge in [-0.1, -0.05) is 39.3 Å². The standard InChI is InChI=1S/C25H20BrN5O5/c26-18-12-16(15-27-33)11-17(13-18)24-20-3-1-2-4-21(20)25(32)30(28-24)23-14-19(5-6-22(23)31(34)35)29-7-9-36-10-8-29/h1-6,11-15,33H,7-10H2. The Morgan fingerprint density at radius 2 is 1.83 bits per heavy atom. The van der Waals surface area contributed by atoms with Crippen molar-refractivity contribution in [3.8, 4) is 16.9 Å². The zero-order valence-electron chi connectivity index (χ0n) is 18.9. The van der Waals surface area contributed by atoms with E-state index in [1.807, 2.05) is 6.07 Å². The number of ether oxygens (including phenoxy) is 1. The van der Waals surface area contributed by atoms with Crippen LogP contribution < -0.4 is 10.5 Å². The summed E-state index contributed by atoms with van der Waals surface area (Å²) in [6, 6.07) is 17.0. The van der Waals surface area contributed by atoms with Crippen LogP contribution in [0.1, 0.15) is 5.56 Å². The van der Waals surface area contributed by atoms with E-state index in [0.717, 1.165) is 10.4 Å². The molecule has 1 N–H and O–H groups in total. The van der Waals surface area contributed by atoms with Crippen LogP contribution in [0.4, 0.5) is 11.4 Å². The Morgan fingerprint density at radius 1 is 1.08 bits per heavy atom. The van der Waals surface area contributed by atoms with Crippen molar-refractivity contribution in [1.29, 1.82) is 0 Å². The van der Waals surface area contributed by atoms with Gasteiger partial charge in [-0.2, -0.15) is 9.78 Å². The van der Waals surface area contributed by atoms with Crippen molar-refractivity contribution in [1.82, 2.24) is 9.78 Å². The van der Waals surface area contributed by atoms with Crippen molar-refractivity contribution < 1.29 is 14.9 Å². The summed E-state index contributed by atoms with van der Waals surface area (Å²) in [5, 5.41) is 29.7. The summed E-state index contributed by atoms with van der Waals surface area (Å²) in [5.74, 6) is 0. The Balaban J connectivity index is 1.79. The maximum Gasteiger partial charge on any atom is 0.295 e. The number of halogens is 1. The Bertz CT molecular complexity index is 1560. The number of oxime groups is 1. The Morgan fingerprint density at radius 3 is 2.56 bits per heavy atom. The lowest BCUT2D eigenvalue weighted by molar-refractivity contribution is -0.384. The van der Waals surface area contributed by atoms with Gasteiger partial charge in [-0.15, -0.1) is 0 Å². The van der Waals surface area contributed by atoms with E-state index in [-0.39, 0.29) is 11.4 Å². The van der Waals surface area contributed by atoms with Crippen LogP contribution in [-0.2, 0) is 4.74 Å². The van der Waals surface area contributed by atoms with E-state index in [1.54, 1.807) is 48.5 Å². The second kappa shape index (κ2) is 9.88. The topological polar surface area (TPSA) is 123 Å². The number of nitro groups is 1. The number of hydrogen-bond acceptors (Lipinski definition) is 8. The summed E-state index contributed by atoms with van der Waals surface area (Å²) in [6.45, 7) is 2.37. The van der Waals surface area contributed by atoms with Crippen LogP contribution in [0, 0.1) is 10.1 Å². The third kappa shape index (κ3) is 4.45. The summed E-state index contributed by atoms with van der Waals surface area (Å²) < 4.78 is 7.23. The molecule has 182 valence electrons. The minimum absolute atomic E-state index is 0.0770. The second-order valence-corrected chi connectivity index (χ2v) is 9.07. The van der Waals surface area contributed by atoms with Crippen LogP contribution in [0.25, 0.3) is 27.7 Å². The van der Waals surface area contributed by atoms with Gasteiger partial charge in [0.25, 0.3) is 11.2 Å². The highest BCUT2D eigenvalue weighted by atomic mass is 79.9. The minimum atomic E-state index is -0.518. The van der Waals surface area contributed by atoms with Crippen LogP contribution in [0.5, 0.6) is 0 Å². The largest absolute Gasteiger partial charge is 0.411 e. The summed E-state index contributed by atoms with van der Waals surface area (Å²) in [4.78, 5) is 27.1. The number of nitrogens with zero attached hydrogens (tertiary/aromatic N) is 5. The van der Waals surface area contributed by atoms with E-state index in [1.165, 1.54) is 12.3 Å². The van der Waals surface area contributed by atoms with Crippen LogP contribution in [-0.4, -0.2) is 52.4 Å². The number of nitro benzene ring substituents is 1. The Kier molecular flexibility index (Phi) is 6.49. The molecule has 5 rings (SSSR count). The van der Waals surface area contributed by atoms with Gasteiger partial charge in [0, 0.05) is 40.3 Å². The van der Waals surface area contributed by atoms with Crippen molar-refractivity contribution in [2.24, 2.45) is 5.16 Å². The summed E-state index contributed by atoms with van der Waals surface area (Å²) in [7, 11) is 0.